The van der Waals surface area contributed by atoms with Crippen molar-refractivity contribution in [3.8, 4) is 5.75 Å². The third kappa shape index (κ3) is 2.96. The molecule has 6 nitrogen and oxygen atoms in total. The number of amides is 2. The fourth-order valence-electron chi connectivity index (χ4n) is 3.11. The number of furan rings is 1. The Labute approximate surface area is 141 Å². The number of aryl methyl sites for hydroxylation is 1. The fraction of sp³-hybridized carbons (Fsp3) is 0.444. The van der Waals surface area contributed by atoms with E-state index in [-0.39, 0.29) is 11.8 Å². The molecule has 128 valence electrons. The number of carbonyl (C=O) groups is 2. The average molecular weight is 330 g/mol. The summed E-state index contributed by atoms with van der Waals surface area (Å²) in [6.07, 6.45) is 0.776. The van der Waals surface area contributed by atoms with Gasteiger partial charge in [-0.05, 0) is 31.5 Å². The van der Waals surface area contributed by atoms with E-state index >= 15 is 0 Å². The van der Waals surface area contributed by atoms with Gasteiger partial charge in [0.2, 0.25) is 5.91 Å². The molecule has 1 aliphatic rings. The van der Waals surface area contributed by atoms with E-state index in [2.05, 4.69) is 0 Å². The van der Waals surface area contributed by atoms with E-state index in [0.717, 1.165) is 23.1 Å². The van der Waals surface area contributed by atoms with Crippen LogP contribution in [0.25, 0.3) is 11.0 Å². The minimum absolute atomic E-state index is 0.0521. The number of fused-ring (bicyclic) bond motifs is 1. The number of carbonyl (C=O) groups excluding carboxylic acids is 2. The topological polar surface area (TPSA) is 63.0 Å². The van der Waals surface area contributed by atoms with Crippen LogP contribution in [0.1, 0.15) is 29.5 Å². The zero-order valence-corrected chi connectivity index (χ0v) is 14.3. The van der Waals surface area contributed by atoms with Crippen LogP contribution in [0.15, 0.2) is 22.6 Å². The van der Waals surface area contributed by atoms with Crippen LogP contribution in [0.5, 0.6) is 5.75 Å². The number of benzene rings is 1. The molecule has 1 aliphatic heterocycles. The summed E-state index contributed by atoms with van der Waals surface area (Å²) >= 11 is 0. The third-order valence-electron chi connectivity index (χ3n) is 4.57. The van der Waals surface area contributed by atoms with Crippen LogP contribution in [0.4, 0.5) is 0 Å². The SMILES string of the molecule is COc1ccc2oc(C(=O)N3CCCN(C(C)=O)CC3)c(C)c2c1. The van der Waals surface area contributed by atoms with Crippen molar-refractivity contribution in [3.05, 3.63) is 29.5 Å². The lowest BCUT2D eigenvalue weighted by Gasteiger charge is -2.20. The van der Waals surface area contributed by atoms with Crippen molar-refractivity contribution in [1.29, 1.82) is 0 Å². The summed E-state index contributed by atoms with van der Waals surface area (Å²) in [6.45, 7) is 5.86. The molecule has 1 aromatic heterocycles. The maximum Gasteiger partial charge on any atom is 0.289 e. The molecule has 1 fully saturated rings. The van der Waals surface area contributed by atoms with E-state index in [1.807, 2.05) is 25.1 Å². The molecule has 0 unspecified atom stereocenters. The molecule has 0 spiro atoms. The van der Waals surface area contributed by atoms with Crippen LogP contribution in [0, 0.1) is 6.92 Å². The van der Waals surface area contributed by atoms with Crippen molar-refractivity contribution < 1.29 is 18.7 Å². The van der Waals surface area contributed by atoms with Gasteiger partial charge in [-0.3, -0.25) is 9.59 Å². The fourth-order valence-corrected chi connectivity index (χ4v) is 3.11. The summed E-state index contributed by atoms with van der Waals surface area (Å²) in [4.78, 5) is 27.9. The zero-order valence-electron chi connectivity index (χ0n) is 14.3. The van der Waals surface area contributed by atoms with Crippen molar-refractivity contribution in [2.24, 2.45) is 0 Å². The first-order valence-corrected chi connectivity index (χ1v) is 8.13. The third-order valence-corrected chi connectivity index (χ3v) is 4.57. The lowest BCUT2D eigenvalue weighted by molar-refractivity contribution is -0.128. The second-order valence-corrected chi connectivity index (χ2v) is 6.07. The largest absolute Gasteiger partial charge is 0.497 e. The van der Waals surface area contributed by atoms with Gasteiger partial charge in [0.15, 0.2) is 5.76 Å². The molecule has 0 radical (unpaired) electrons. The van der Waals surface area contributed by atoms with Gasteiger partial charge >= 0.3 is 0 Å². The highest BCUT2D eigenvalue weighted by molar-refractivity contribution is 5.99. The summed E-state index contributed by atoms with van der Waals surface area (Å²) in [6, 6.07) is 5.51. The number of nitrogens with zero attached hydrogens (tertiary/aromatic N) is 2. The standard InChI is InChI=1S/C18H22N2O4/c1-12-15-11-14(23-3)5-6-16(15)24-17(12)18(22)20-8-4-7-19(9-10-20)13(2)21/h5-6,11H,4,7-10H2,1-3H3. The summed E-state index contributed by atoms with van der Waals surface area (Å²) < 4.78 is 11.0. The monoisotopic (exact) mass is 330 g/mol. The molecule has 0 atom stereocenters. The number of methoxy groups -OCH3 is 1. The van der Waals surface area contributed by atoms with E-state index in [1.54, 1.807) is 23.8 Å². The van der Waals surface area contributed by atoms with Crippen molar-refractivity contribution in [3.63, 3.8) is 0 Å². The molecule has 3 rings (SSSR count). The molecule has 2 heterocycles. The smallest absolute Gasteiger partial charge is 0.289 e. The van der Waals surface area contributed by atoms with Crippen LogP contribution in [0.3, 0.4) is 0 Å². The Bertz CT molecular complexity index is 781. The van der Waals surface area contributed by atoms with Gasteiger partial charge in [0.25, 0.3) is 5.91 Å². The van der Waals surface area contributed by atoms with Crippen LogP contribution in [0.2, 0.25) is 0 Å². The Morgan fingerprint density at radius 2 is 1.83 bits per heavy atom. The number of hydrogen-bond acceptors (Lipinski definition) is 4. The quantitative estimate of drug-likeness (QED) is 0.848. The summed E-state index contributed by atoms with van der Waals surface area (Å²) in [5, 5.41) is 0.887. The van der Waals surface area contributed by atoms with Gasteiger partial charge in [-0.25, -0.2) is 0 Å². The Morgan fingerprint density at radius 1 is 1.12 bits per heavy atom. The van der Waals surface area contributed by atoms with E-state index in [9.17, 15) is 9.59 Å². The van der Waals surface area contributed by atoms with E-state index in [0.29, 0.717) is 37.5 Å². The molecule has 0 N–H and O–H groups in total. The Hall–Kier alpha value is -2.50. The predicted molar refractivity (Wildman–Crippen MR) is 90.3 cm³/mol. The van der Waals surface area contributed by atoms with Gasteiger partial charge in [0, 0.05) is 44.1 Å². The highest BCUT2D eigenvalue weighted by Crippen LogP contribution is 2.29. The molecule has 6 heteroatoms. The Morgan fingerprint density at radius 3 is 2.54 bits per heavy atom. The minimum atomic E-state index is -0.118. The van der Waals surface area contributed by atoms with E-state index in [4.69, 9.17) is 9.15 Å². The maximum absolute atomic E-state index is 12.9. The second-order valence-electron chi connectivity index (χ2n) is 6.07. The predicted octanol–water partition coefficient (Wildman–Crippen LogP) is 2.44. The van der Waals surface area contributed by atoms with E-state index < -0.39 is 0 Å². The molecular formula is C18H22N2O4. The molecule has 2 aromatic rings. The molecule has 0 bridgehead atoms. The van der Waals surface area contributed by atoms with Gasteiger partial charge in [0.05, 0.1) is 7.11 Å². The maximum atomic E-state index is 12.9. The van der Waals surface area contributed by atoms with Crippen molar-refractivity contribution in [1.82, 2.24) is 9.80 Å². The highest BCUT2D eigenvalue weighted by atomic mass is 16.5. The van der Waals surface area contributed by atoms with Crippen LogP contribution in [-0.4, -0.2) is 54.9 Å². The van der Waals surface area contributed by atoms with Gasteiger partial charge in [-0.15, -0.1) is 0 Å². The first-order valence-electron chi connectivity index (χ1n) is 8.13. The molecule has 0 aliphatic carbocycles. The second kappa shape index (κ2) is 6.55. The molecule has 2 amide bonds. The number of ether oxygens (including phenoxy) is 1. The van der Waals surface area contributed by atoms with Gasteiger partial charge in [0.1, 0.15) is 11.3 Å². The van der Waals surface area contributed by atoms with Crippen molar-refractivity contribution in [2.45, 2.75) is 20.3 Å². The van der Waals surface area contributed by atoms with Crippen LogP contribution >= 0.6 is 0 Å². The lowest BCUT2D eigenvalue weighted by atomic mass is 10.1. The zero-order chi connectivity index (χ0) is 17.3. The summed E-state index contributed by atoms with van der Waals surface area (Å²) in [7, 11) is 1.61. The van der Waals surface area contributed by atoms with Gasteiger partial charge in [-0.2, -0.15) is 0 Å². The van der Waals surface area contributed by atoms with E-state index in [1.165, 1.54) is 0 Å². The minimum Gasteiger partial charge on any atom is -0.497 e. The first-order chi connectivity index (χ1) is 11.5. The molecule has 1 aromatic carbocycles. The summed E-state index contributed by atoms with van der Waals surface area (Å²) in [5.74, 6) is 1.04. The molecule has 0 saturated carbocycles. The molecular weight excluding hydrogens is 308 g/mol. The Balaban J connectivity index is 1.86. The van der Waals surface area contributed by atoms with Crippen LogP contribution in [-0.2, 0) is 4.79 Å². The number of hydrogen-bond donors (Lipinski definition) is 0. The molecule has 24 heavy (non-hydrogen) atoms. The van der Waals surface area contributed by atoms with Crippen LogP contribution < -0.4 is 4.74 Å². The number of rotatable bonds is 2. The van der Waals surface area contributed by atoms with Crippen molar-refractivity contribution in [2.75, 3.05) is 33.3 Å². The molecule has 1 saturated heterocycles. The van der Waals surface area contributed by atoms with Gasteiger partial charge in [-0.1, -0.05) is 0 Å². The Kier molecular flexibility index (Phi) is 4.46. The highest BCUT2D eigenvalue weighted by Gasteiger charge is 2.26. The van der Waals surface area contributed by atoms with Gasteiger partial charge < -0.3 is 19.0 Å². The van der Waals surface area contributed by atoms with Crippen molar-refractivity contribution >= 4 is 22.8 Å². The normalized spacial score (nSPS) is 15.5. The average Bonchev–Trinajstić information content (AvgIpc) is 2.77. The summed E-state index contributed by atoms with van der Waals surface area (Å²) in [5.41, 5.74) is 1.50. The lowest BCUT2D eigenvalue weighted by Crippen LogP contribution is -2.36. The first kappa shape index (κ1) is 16.4.